The molecule has 0 fully saturated rings. The first-order valence-electron chi connectivity index (χ1n) is 7.39. The zero-order chi connectivity index (χ0) is 17.5. The first kappa shape index (κ1) is 18.2. The SMILES string of the molecule is Cc1ccc(/C=C/C(=O)OCC(=O)N[C@@H](C)c2cccs2)cc1Cl. The minimum absolute atomic E-state index is 0.110. The topological polar surface area (TPSA) is 55.4 Å². The summed E-state index contributed by atoms with van der Waals surface area (Å²) in [5.41, 5.74) is 1.76. The highest BCUT2D eigenvalue weighted by Gasteiger charge is 2.11. The van der Waals surface area contributed by atoms with Crippen molar-refractivity contribution in [2.75, 3.05) is 6.61 Å². The van der Waals surface area contributed by atoms with Crippen LogP contribution in [0.25, 0.3) is 6.08 Å². The van der Waals surface area contributed by atoms with E-state index in [9.17, 15) is 9.59 Å². The van der Waals surface area contributed by atoms with Crippen LogP contribution in [0.3, 0.4) is 0 Å². The Morgan fingerprint density at radius 1 is 1.38 bits per heavy atom. The Kier molecular flexibility index (Phi) is 6.58. The molecule has 126 valence electrons. The number of aryl methyl sites for hydroxylation is 1. The first-order valence-corrected chi connectivity index (χ1v) is 8.65. The summed E-state index contributed by atoms with van der Waals surface area (Å²) >= 11 is 7.58. The third kappa shape index (κ3) is 5.51. The Hall–Kier alpha value is -2.11. The summed E-state index contributed by atoms with van der Waals surface area (Å²) in [6.07, 6.45) is 2.87. The van der Waals surface area contributed by atoms with Crippen LogP contribution in [0.5, 0.6) is 0 Å². The normalized spacial score (nSPS) is 12.1. The molecule has 0 saturated carbocycles. The lowest BCUT2D eigenvalue weighted by molar-refractivity contribution is -0.144. The third-order valence-electron chi connectivity index (χ3n) is 3.30. The summed E-state index contributed by atoms with van der Waals surface area (Å²) in [6.45, 7) is 3.47. The van der Waals surface area contributed by atoms with Crippen molar-refractivity contribution < 1.29 is 14.3 Å². The maximum Gasteiger partial charge on any atom is 0.331 e. The van der Waals surface area contributed by atoms with Crippen molar-refractivity contribution in [2.45, 2.75) is 19.9 Å². The molecule has 24 heavy (non-hydrogen) atoms. The number of halogens is 1. The standard InChI is InChI=1S/C18H18ClNO3S/c1-12-5-6-14(10-15(12)19)7-8-18(22)23-11-17(21)20-13(2)16-4-3-9-24-16/h3-10,13H,11H2,1-2H3,(H,20,21)/b8-7+/t13-/m0/s1. The van der Waals surface area contributed by atoms with Crippen molar-refractivity contribution >= 4 is 40.9 Å². The van der Waals surface area contributed by atoms with Crippen molar-refractivity contribution in [3.05, 3.63) is 62.8 Å². The smallest absolute Gasteiger partial charge is 0.331 e. The second-order valence-corrected chi connectivity index (χ2v) is 6.64. The van der Waals surface area contributed by atoms with E-state index in [0.717, 1.165) is 16.0 Å². The highest BCUT2D eigenvalue weighted by atomic mass is 35.5. The highest BCUT2D eigenvalue weighted by molar-refractivity contribution is 7.10. The maximum atomic E-state index is 11.8. The number of nitrogens with one attached hydrogen (secondary N) is 1. The number of benzene rings is 1. The average Bonchev–Trinajstić information content (AvgIpc) is 3.08. The van der Waals surface area contributed by atoms with Gasteiger partial charge in [-0.25, -0.2) is 4.79 Å². The van der Waals surface area contributed by atoms with Gasteiger partial charge in [0.05, 0.1) is 6.04 Å². The van der Waals surface area contributed by atoms with E-state index < -0.39 is 5.97 Å². The molecule has 2 aromatic rings. The summed E-state index contributed by atoms with van der Waals surface area (Å²) < 4.78 is 4.93. The molecular formula is C18H18ClNO3S. The lowest BCUT2D eigenvalue weighted by Crippen LogP contribution is -2.30. The van der Waals surface area contributed by atoms with E-state index in [2.05, 4.69) is 5.32 Å². The second kappa shape index (κ2) is 8.66. The monoisotopic (exact) mass is 363 g/mol. The number of ether oxygens (including phenoxy) is 1. The number of esters is 1. The van der Waals surface area contributed by atoms with Gasteiger partial charge in [0, 0.05) is 16.0 Å². The number of amides is 1. The lowest BCUT2D eigenvalue weighted by atomic mass is 10.1. The molecule has 0 saturated heterocycles. The summed E-state index contributed by atoms with van der Waals surface area (Å²) in [5.74, 6) is -0.915. The van der Waals surface area contributed by atoms with Gasteiger partial charge in [0.2, 0.25) is 0 Å². The molecule has 1 atom stereocenters. The largest absolute Gasteiger partial charge is 0.452 e. The van der Waals surface area contributed by atoms with Gasteiger partial charge in [-0.05, 0) is 48.6 Å². The Morgan fingerprint density at radius 2 is 2.17 bits per heavy atom. The van der Waals surface area contributed by atoms with Gasteiger partial charge >= 0.3 is 5.97 Å². The van der Waals surface area contributed by atoms with Crippen LogP contribution in [0.2, 0.25) is 5.02 Å². The lowest BCUT2D eigenvalue weighted by Gasteiger charge is -2.11. The summed E-state index contributed by atoms with van der Waals surface area (Å²) in [4.78, 5) is 24.5. The van der Waals surface area contributed by atoms with Crippen LogP contribution in [0.15, 0.2) is 41.8 Å². The van der Waals surface area contributed by atoms with Gasteiger partial charge in [0.1, 0.15) is 0 Å². The fourth-order valence-corrected chi connectivity index (χ4v) is 2.88. The van der Waals surface area contributed by atoms with Crippen LogP contribution in [-0.2, 0) is 14.3 Å². The molecule has 1 amide bonds. The van der Waals surface area contributed by atoms with Crippen LogP contribution in [0, 0.1) is 6.92 Å². The average molecular weight is 364 g/mol. The van der Waals surface area contributed by atoms with Gasteiger partial charge in [0.25, 0.3) is 5.91 Å². The predicted octanol–water partition coefficient (Wildman–Crippen LogP) is 4.14. The molecule has 0 spiro atoms. The first-order chi connectivity index (χ1) is 11.5. The molecule has 0 aliphatic rings. The third-order valence-corrected chi connectivity index (χ3v) is 4.76. The molecule has 0 aliphatic heterocycles. The number of carbonyl (C=O) groups excluding carboxylic acids is 2. The van der Waals surface area contributed by atoms with E-state index in [-0.39, 0.29) is 18.6 Å². The van der Waals surface area contributed by atoms with Crippen molar-refractivity contribution in [3.63, 3.8) is 0 Å². The van der Waals surface area contributed by atoms with Gasteiger partial charge in [-0.1, -0.05) is 29.8 Å². The number of hydrogen-bond acceptors (Lipinski definition) is 4. The van der Waals surface area contributed by atoms with Gasteiger partial charge in [0.15, 0.2) is 6.61 Å². The Morgan fingerprint density at radius 3 is 2.83 bits per heavy atom. The molecular weight excluding hydrogens is 346 g/mol. The molecule has 0 radical (unpaired) electrons. The minimum atomic E-state index is -0.578. The van der Waals surface area contributed by atoms with Crippen molar-refractivity contribution in [2.24, 2.45) is 0 Å². The summed E-state index contributed by atoms with van der Waals surface area (Å²) in [5, 5.41) is 5.35. The zero-order valence-corrected chi connectivity index (χ0v) is 15.0. The molecule has 0 unspecified atom stereocenters. The summed E-state index contributed by atoms with van der Waals surface area (Å²) in [7, 11) is 0. The van der Waals surface area contributed by atoms with E-state index in [1.54, 1.807) is 23.5 Å². The van der Waals surface area contributed by atoms with Crippen LogP contribution in [0.1, 0.15) is 29.0 Å². The molecule has 4 nitrogen and oxygen atoms in total. The molecule has 0 aliphatic carbocycles. The van der Waals surface area contributed by atoms with Crippen molar-refractivity contribution in [1.82, 2.24) is 5.32 Å². The van der Waals surface area contributed by atoms with Gasteiger partial charge in [-0.2, -0.15) is 0 Å². The summed E-state index contributed by atoms with van der Waals surface area (Å²) in [6, 6.07) is 9.23. The number of rotatable bonds is 6. The predicted molar refractivity (Wildman–Crippen MR) is 97.1 cm³/mol. The van der Waals surface area contributed by atoms with Gasteiger partial charge in [-0.3, -0.25) is 4.79 Å². The van der Waals surface area contributed by atoms with Crippen molar-refractivity contribution in [3.8, 4) is 0 Å². The Labute approximate surface area is 150 Å². The second-order valence-electron chi connectivity index (χ2n) is 5.25. The molecule has 2 rings (SSSR count). The Balaban J connectivity index is 1.78. The molecule has 1 N–H and O–H groups in total. The minimum Gasteiger partial charge on any atom is -0.452 e. The van der Waals surface area contributed by atoms with Crippen LogP contribution in [-0.4, -0.2) is 18.5 Å². The fraction of sp³-hybridized carbons (Fsp3) is 0.222. The maximum absolute atomic E-state index is 11.8. The van der Waals surface area contributed by atoms with E-state index >= 15 is 0 Å². The van der Waals surface area contributed by atoms with Crippen LogP contribution < -0.4 is 5.32 Å². The molecule has 0 bridgehead atoms. The van der Waals surface area contributed by atoms with Gasteiger partial charge in [-0.15, -0.1) is 11.3 Å². The van der Waals surface area contributed by atoms with Gasteiger partial charge < -0.3 is 10.1 Å². The molecule has 1 heterocycles. The fourth-order valence-electron chi connectivity index (χ4n) is 1.95. The molecule has 6 heteroatoms. The number of thiophene rings is 1. The van der Waals surface area contributed by atoms with Crippen LogP contribution in [0.4, 0.5) is 0 Å². The van der Waals surface area contributed by atoms with E-state index in [0.29, 0.717) is 5.02 Å². The number of carbonyl (C=O) groups is 2. The van der Waals surface area contributed by atoms with E-state index in [1.807, 2.05) is 43.5 Å². The quantitative estimate of drug-likeness (QED) is 0.619. The molecule has 1 aromatic heterocycles. The van der Waals surface area contributed by atoms with Crippen molar-refractivity contribution in [1.29, 1.82) is 0 Å². The van der Waals surface area contributed by atoms with E-state index in [1.165, 1.54) is 6.08 Å². The van der Waals surface area contributed by atoms with Crippen LogP contribution >= 0.6 is 22.9 Å². The Bertz CT molecular complexity index is 741. The molecule has 1 aromatic carbocycles. The highest BCUT2D eigenvalue weighted by Crippen LogP contribution is 2.18. The zero-order valence-electron chi connectivity index (χ0n) is 13.4. The van der Waals surface area contributed by atoms with E-state index in [4.69, 9.17) is 16.3 Å². The number of hydrogen-bond donors (Lipinski definition) is 1.